The van der Waals surface area contributed by atoms with Gasteiger partial charge in [-0.05, 0) is 37.3 Å². The number of amides is 1. The van der Waals surface area contributed by atoms with E-state index in [-0.39, 0.29) is 11.7 Å². The number of carbonyl (C=O) groups is 1. The van der Waals surface area contributed by atoms with Crippen LogP contribution in [0.5, 0.6) is 11.5 Å². The highest BCUT2D eigenvalue weighted by atomic mass is 19.1. The second-order valence-electron chi connectivity index (χ2n) is 7.55. The van der Waals surface area contributed by atoms with Gasteiger partial charge in [-0.2, -0.15) is 0 Å². The second kappa shape index (κ2) is 10.3. The van der Waals surface area contributed by atoms with Crippen LogP contribution in [0.1, 0.15) is 12.5 Å². The molecule has 6 nitrogen and oxygen atoms in total. The van der Waals surface area contributed by atoms with Crippen LogP contribution in [0.2, 0.25) is 0 Å². The highest BCUT2D eigenvalue weighted by Gasteiger charge is 2.24. The van der Waals surface area contributed by atoms with Crippen molar-refractivity contribution in [2.45, 2.75) is 13.5 Å². The third-order valence-corrected chi connectivity index (χ3v) is 5.31. The molecule has 1 unspecified atom stereocenters. The molecule has 2 aromatic carbocycles. The molecular weight excluding hydrogens is 385 g/mol. The zero-order chi connectivity index (χ0) is 21.5. The summed E-state index contributed by atoms with van der Waals surface area (Å²) in [5.41, 5.74) is 1.70. The first-order valence-corrected chi connectivity index (χ1v) is 10.4. The summed E-state index contributed by atoms with van der Waals surface area (Å²) in [6.07, 6.45) is 0. The molecule has 7 heteroatoms. The number of likely N-dealkylation sites (N-methyl/N-ethyl adjacent to an activating group) is 1. The Hall–Kier alpha value is -2.80. The summed E-state index contributed by atoms with van der Waals surface area (Å²) in [5.74, 6) is 1.34. The summed E-state index contributed by atoms with van der Waals surface area (Å²) in [7, 11) is 3.64. The maximum atomic E-state index is 14.0. The molecule has 0 saturated carbocycles. The van der Waals surface area contributed by atoms with E-state index in [2.05, 4.69) is 0 Å². The van der Waals surface area contributed by atoms with Crippen molar-refractivity contribution in [3.05, 3.63) is 53.8 Å². The van der Waals surface area contributed by atoms with Crippen molar-refractivity contribution < 1.29 is 23.6 Å². The highest BCUT2D eigenvalue weighted by molar-refractivity contribution is 5.77. The van der Waals surface area contributed by atoms with Crippen LogP contribution in [0.4, 0.5) is 10.1 Å². The summed E-state index contributed by atoms with van der Waals surface area (Å²) in [5, 5.41) is 0. The van der Waals surface area contributed by atoms with Gasteiger partial charge in [0.15, 0.2) is 18.0 Å². The van der Waals surface area contributed by atoms with Gasteiger partial charge >= 0.3 is 0 Å². The average Bonchev–Trinajstić information content (AvgIpc) is 2.75. The Balaban J connectivity index is 1.51. The van der Waals surface area contributed by atoms with Crippen LogP contribution >= 0.6 is 0 Å². The van der Waals surface area contributed by atoms with E-state index in [1.165, 1.54) is 6.07 Å². The van der Waals surface area contributed by atoms with Crippen molar-refractivity contribution in [1.29, 1.82) is 0 Å². The van der Waals surface area contributed by atoms with Crippen LogP contribution in [-0.4, -0.2) is 64.3 Å². The molecule has 162 valence electrons. The maximum absolute atomic E-state index is 14.0. The topological polar surface area (TPSA) is 46.5 Å². The van der Waals surface area contributed by atoms with Crippen LogP contribution in [0, 0.1) is 5.82 Å². The molecule has 1 atom stereocenters. The third-order valence-electron chi connectivity index (χ3n) is 5.31. The van der Waals surface area contributed by atoms with Crippen LogP contribution in [0.15, 0.2) is 42.5 Å². The fourth-order valence-corrected chi connectivity index (χ4v) is 3.78. The first-order valence-electron chi connectivity index (χ1n) is 10.4. The van der Waals surface area contributed by atoms with Crippen LogP contribution in [0.3, 0.4) is 0 Å². The van der Waals surface area contributed by atoms with Crippen LogP contribution in [0.25, 0.3) is 0 Å². The minimum absolute atomic E-state index is 0.124. The Morgan fingerprint density at radius 3 is 2.50 bits per heavy atom. The minimum Gasteiger partial charge on any atom is -0.493 e. The van der Waals surface area contributed by atoms with Crippen LogP contribution in [-0.2, 0) is 11.3 Å². The predicted molar refractivity (Wildman–Crippen MR) is 115 cm³/mol. The van der Waals surface area contributed by atoms with Crippen molar-refractivity contribution in [2.75, 3.05) is 58.4 Å². The lowest BCUT2D eigenvalue weighted by atomic mass is 10.2. The Bertz CT molecular complexity index is 853. The second-order valence-corrected chi connectivity index (χ2v) is 7.55. The fraction of sp³-hybridized carbons (Fsp3) is 0.435. The van der Waals surface area contributed by atoms with E-state index in [9.17, 15) is 9.18 Å². The zero-order valence-electron chi connectivity index (χ0n) is 18.0. The first-order chi connectivity index (χ1) is 14.5. The Kier molecular flexibility index (Phi) is 7.52. The Labute approximate surface area is 177 Å². The number of hydrogen-bond acceptors (Lipinski definition) is 4. The number of carbonyl (C=O) groups excluding carboxylic acids is 1. The molecule has 1 N–H and O–H groups in total. The number of piperazine rings is 1. The van der Waals surface area contributed by atoms with Gasteiger partial charge in [-0.3, -0.25) is 4.79 Å². The molecule has 1 aliphatic heterocycles. The largest absolute Gasteiger partial charge is 0.493 e. The van der Waals surface area contributed by atoms with Gasteiger partial charge in [-0.1, -0.05) is 12.1 Å². The Morgan fingerprint density at radius 2 is 1.83 bits per heavy atom. The number of ether oxygens (including phenoxy) is 2. The van der Waals surface area contributed by atoms with E-state index in [1.54, 1.807) is 19.2 Å². The number of methoxy groups -OCH3 is 1. The number of para-hydroxylation sites is 1. The van der Waals surface area contributed by atoms with E-state index in [4.69, 9.17) is 9.47 Å². The SMILES string of the molecule is CCOc1ccc(C[NH+](C)CC(=O)N2CCN(c3ccccc3F)CC2)cc1OC. The van der Waals surface area contributed by atoms with Gasteiger partial charge in [-0.15, -0.1) is 0 Å². The average molecular weight is 417 g/mol. The lowest BCUT2D eigenvalue weighted by Gasteiger charge is -2.36. The predicted octanol–water partition coefficient (Wildman–Crippen LogP) is 1.60. The lowest BCUT2D eigenvalue weighted by molar-refractivity contribution is -0.885. The number of nitrogens with zero attached hydrogens (tertiary/aromatic N) is 2. The number of nitrogens with one attached hydrogen (secondary N) is 1. The van der Waals surface area contributed by atoms with E-state index in [1.807, 2.05) is 48.0 Å². The summed E-state index contributed by atoms with van der Waals surface area (Å²) >= 11 is 0. The molecule has 3 rings (SSSR count). The van der Waals surface area contributed by atoms with E-state index < -0.39 is 0 Å². The van der Waals surface area contributed by atoms with Gasteiger partial charge < -0.3 is 24.2 Å². The molecule has 0 bridgehead atoms. The van der Waals surface area contributed by atoms with E-state index in [0.29, 0.717) is 57.3 Å². The molecule has 1 amide bonds. The number of anilines is 1. The van der Waals surface area contributed by atoms with Gasteiger partial charge in [-0.25, -0.2) is 4.39 Å². The molecule has 1 fully saturated rings. The molecule has 1 heterocycles. The number of hydrogen-bond donors (Lipinski definition) is 1. The van der Waals surface area contributed by atoms with Gasteiger partial charge in [0.2, 0.25) is 0 Å². The number of rotatable bonds is 8. The third kappa shape index (κ3) is 5.42. The highest BCUT2D eigenvalue weighted by Crippen LogP contribution is 2.27. The van der Waals surface area contributed by atoms with Crippen LogP contribution < -0.4 is 19.3 Å². The molecule has 1 aliphatic rings. The fourth-order valence-electron chi connectivity index (χ4n) is 3.78. The first kappa shape index (κ1) is 21.9. The summed E-state index contributed by atoms with van der Waals surface area (Å²) in [4.78, 5) is 17.7. The Morgan fingerprint density at radius 1 is 1.10 bits per heavy atom. The summed E-state index contributed by atoms with van der Waals surface area (Å²) in [6, 6.07) is 12.7. The molecule has 0 aromatic heterocycles. The van der Waals surface area contributed by atoms with E-state index >= 15 is 0 Å². The minimum atomic E-state index is -0.216. The standard InChI is InChI=1S/C23H30FN3O3/c1-4-30-21-10-9-18(15-22(21)29-3)16-25(2)17-23(28)27-13-11-26(12-14-27)20-8-6-5-7-19(20)24/h5-10,15H,4,11-14,16-17H2,1-3H3/p+1. The molecule has 1 saturated heterocycles. The van der Waals surface area contributed by atoms with Gasteiger partial charge in [0.1, 0.15) is 12.4 Å². The monoisotopic (exact) mass is 416 g/mol. The molecule has 0 spiro atoms. The summed E-state index contributed by atoms with van der Waals surface area (Å²) in [6.45, 7) is 6.14. The van der Waals surface area contributed by atoms with Gasteiger partial charge in [0.05, 0.1) is 26.5 Å². The van der Waals surface area contributed by atoms with Crippen molar-refractivity contribution in [1.82, 2.24) is 4.90 Å². The lowest BCUT2D eigenvalue weighted by Crippen LogP contribution is -3.09. The van der Waals surface area contributed by atoms with Crippen molar-refractivity contribution in [3.63, 3.8) is 0 Å². The zero-order valence-corrected chi connectivity index (χ0v) is 18.0. The quantitative estimate of drug-likeness (QED) is 0.710. The molecular formula is C23H31FN3O3+. The number of benzene rings is 2. The molecule has 0 aliphatic carbocycles. The van der Waals surface area contributed by atoms with E-state index in [0.717, 1.165) is 16.2 Å². The van der Waals surface area contributed by atoms with Gasteiger partial charge in [0, 0.05) is 31.7 Å². The molecule has 2 aromatic rings. The number of quaternary nitrogens is 1. The maximum Gasteiger partial charge on any atom is 0.277 e. The van der Waals surface area contributed by atoms with Crippen molar-refractivity contribution >= 4 is 11.6 Å². The number of halogens is 1. The van der Waals surface area contributed by atoms with Gasteiger partial charge in [0.25, 0.3) is 5.91 Å². The smallest absolute Gasteiger partial charge is 0.277 e. The van der Waals surface area contributed by atoms with Crippen molar-refractivity contribution in [3.8, 4) is 11.5 Å². The normalized spacial score (nSPS) is 15.1. The summed E-state index contributed by atoms with van der Waals surface area (Å²) < 4.78 is 25.0. The molecule has 0 radical (unpaired) electrons. The molecule has 30 heavy (non-hydrogen) atoms. The van der Waals surface area contributed by atoms with Crippen molar-refractivity contribution in [2.24, 2.45) is 0 Å².